The monoisotopic (exact) mass is 566 g/mol. The highest BCUT2D eigenvalue weighted by Crippen LogP contribution is 2.40. The third-order valence-electron chi connectivity index (χ3n) is 7.70. The van der Waals surface area contributed by atoms with Gasteiger partial charge in [0.2, 0.25) is 5.95 Å². The number of halogens is 2. The molecule has 1 N–H and O–H groups in total. The molecule has 4 heterocycles. The van der Waals surface area contributed by atoms with Crippen LogP contribution in [0, 0.1) is 13.8 Å². The number of benzene rings is 2. The molecule has 39 heavy (non-hydrogen) atoms. The molecule has 7 nitrogen and oxygen atoms in total. The number of fused-ring (bicyclic) bond motifs is 1. The largest absolute Gasteiger partial charge is 0.378 e. The lowest BCUT2D eigenvalue weighted by atomic mass is 9.96. The van der Waals surface area contributed by atoms with E-state index in [0.29, 0.717) is 36.4 Å². The maximum Gasteiger partial charge on any atom is 0.236 e. The number of hydrogen-bond acceptors (Lipinski definition) is 7. The van der Waals surface area contributed by atoms with E-state index in [2.05, 4.69) is 52.9 Å². The van der Waals surface area contributed by atoms with Crippen molar-refractivity contribution in [3.8, 4) is 27.4 Å². The van der Waals surface area contributed by atoms with Crippen LogP contribution in [0.2, 0.25) is 5.02 Å². The van der Waals surface area contributed by atoms with E-state index >= 15 is 0 Å². The van der Waals surface area contributed by atoms with Crippen molar-refractivity contribution in [2.45, 2.75) is 39.5 Å². The van der Waals surface area contributed by atoms with Crippen LogP contribution in [0.1, 0.15) is 27.5 Å². The Morgan fingerprint density at radius 2 is 1.82 bits per heavy atom. The molecule has 0 saturated carbocycles. The first kappa shape index (κ1) is 26.3. The lowest BCUT2D eigenvalue weighted by Crippen LogP contribution is -2.47. The van der Waals surface area contributed by atoms with Gasteiger partial charge in [0, 0.05) is 67.9 Å². The zero-order valence-electron chi connectivity index (χ0n) is 22.6. The minimum Gasteiger partial charge on any atom is -0.378 e. The normalized spacial score (nSPS) is 16.3. The van der Waals surface area contributed by atoms with Crippen LogP contribution < -0.4 is 10.3 Å². The number of nitrogens with zero attached hydrogens (tertiary/aromatic N) is 5. The summed E-state index contributed by atoms with van der Waals surface area (Å²) in [4.78, 5) is 21.2. The van der Waals surface area contributed by atoms with Crippen LogP contribution in [0.3, 0.4) is 0 Å². The van der Waals surface area contributed by atoms with Gasteiger partial charge < -0.3 is 14.3 Å². The molecule has 4 aromatic rings. The summed E-state index contributed by atoms with van der Waals surface area (Å²) >= 11 is 8.59. The topological polar surface area (TPSA) is 58.5 Å². The van der Waals surface area contributed by atoms with Crippen LogP contribution in [-0.4, -0.2) is 57.2 Å². The fourth-order valence-electron chi connectivity index (χ4n) is 5.35. The summed E-state index contributed by atoms with van der Waals surface area (Å²) in [5.41, 5.74) is 10.4. The number of aryl methyl sites for hydroxylation is 1. The molecule has 0 aliphatic carbocycles. The van der Waals surface area contributed by atoms with Gasteiger partial charge >= 0.3 is 0 Å². The van der Waals surface area contributed by atoms with Gasteiger partial charge in [-0.2, -0.15) is 5.48 Å². The number of alkyl halides is 1. The Hall–Kier alpha value is -2.98. The van der Waals surface area contributed by atoms with Crippen LogP contribution in [0.25, 0.3) is 21.7 Å². The van der Waals surface area contributed by atoms with Crippen LogP contribution in [0.5, 0.6) is 5.75 Å². The average Bonchev–Trinajstić information content (AvgIpc) is 3.41. The molecular formula is C29H32ClFN6OS. The van der Waals surface area contributed by atoms with Crippen LogP contribution in [0.4, 0.5) is 10.3 Å². The minimum atomic E-state index is -0.710. The first-order valence-corrected chi connectivity index (χ1v) is 14.4. The van der Waals surface area contributed by atoms with E-state index in [1.54, 1.807) is 11.3 Å². The number of rotatable bonds is 7. The first-order valence-electron chi connectivity index (χ1n) is 13.2. The number of anilines is 1. The lowest BCUT2D eigenvalue weighted by Gasteiger charge is -2.33. The molecule has 1 fully saturated rings. The standard InChI is InChI=1S/C29H32ClFN6OS/c1-17-20(7-5-8-21(17)28-32-23(18(2)39-28)16-37-13-19(31)14-37)22-9-6-10-26(27(22)30)38-34-29-33-24-15-35(3)12-11-25(24)36(29)4/h5-10,19H,11-16H2,1-4H3,(H,33,34). The summed E-state index contributed by atoms with van der Waals surface area (Å²) in [6, 6.07) is 12.0. The molecule has 1 saturated heterocycles. The Balaban J connectivity index is 1.24. The second-order valence-corrected chi connectivity index (χ2v) is 12.1. The maximum atomic E-state index is 13.3. The first-order chi connectivity index (χ1) is 18.8. The molecule has 0 spiro atoms. The van der Waals surface area contributed by atoms with E-state index in [0.717, 1.165) is 58.2 Å². The van der Waals surface area contributed by atoms with Gasteiger partial charge in [-0.3, -0.25) is 4.90 Å². The molecule has 2 aromatic heterocycles. The van der Waals surface area contributed by atoms with E-state index in [4.69, 9.17) is 26.4 Å². The second kappa shape index (κ2) is 10.5. The molecule has 2 aliphatic heterocycles. The third-order valence-corrected chi connectivity index (χ3v) is 9.13. The molecule has 2 aliphatic rings. The number of thiazole rings is 1. The number of likely N-dealkylation sites (N-methyl/N-ethyl adjacent to an activating group) is 1. The molecule has 0 unspecified atom stereocenters. The Bertz CT molecular complexity index is 1530. The van der Waals surface area contributed by atoms with Crippen molar-refractivity contribution in [3.63, 3.8) is 0 Å². The van der Waals surface area contributed by atoms with Crippen molar-refractivity contribution < 1.29 is 9.23 Å². The fraction of sp³-hybridized carbons (Fsp3) is 0.379. The molecule has 0 atom stereocenters. The quantitative estimate of drug-likeness (QED) is 0.276. The van der Waals surface area contributed by atoms with E-state index in [-0.39, 0.29) is 0 Å². The van der Waals surface area contributed by atoms with Gasteiger partial charge in [-0.05, 0) is 38.1 Å². The summed E-state index contributed by atoms with van der Waals surface area (Å²) in [6.45, 7) is 7.70. The highest BCUT2D eigenvalue weighted by Gasteiger charge is 2.27. The van der Waals surface area contributed by atoms with Gasteiger partial charge in [0.25, 0.3) is 0 Å². The smallest absolute Gasteiger partial charge is 0.236 e. The number of nitrogens with one attached hydrogen (secondary N) is 1. The van der Waals surface area contributed by atoms with Crippen molar-refractivity contribution in [3.05, 3.63) is 68.9 Å². The molecule has 0 bridgehead atoms. The van der Waals surface area contributed by atoms with E-state index in [1.165, 1.54) is 10.6 Å². The molecule has 10 heteroatoms. The maximum absolute atomic E-state index is 13.3. The van der Waals surface area contributed by atoms with Crippen molar-refractivity contribution in [2.75, 3.05) is 32.2 Å². The predicted octanol–water partition coefficient (Wildman–Crippen LogP) is 6.03. The van der Waals surface area contributed by atoms with Gasteiger partial charge in [-0.1, -0.05) is 41.9 Å². The van der Waals surface area contributed by atoms with Crippen molar-refractivity contribution in [1.82, 2.24) is 24.3 Å². The zero-order chi connectivity index (χ0) is 27.3. The van der Waals surface area contributed by atoms with Gasteiger partial charge in [-0.25, -0.2) is 14.4 Å². The van der Waals surface area contributed by atoms with Gasteiger partial charge in [0.05, 0.1) is 16.4 Å². The van der Waals surface area contributed by atoms with Crippen molar-refractivity contribution >= 4 is 28.9 Å². The zero-order valence-corrected chi connectivity index (χ0v) is 24.2. The van der Waals surface area contributed by atoms with E-state index in [1.807, 2.05) is 31.3 Å². The highest BCUT2D eigenvalue weighted by atomic mass is 35.5. The summed E-state index contributed by atoms with van der Waals surface area (Å²) < 4.78 is 15.3. The van der Waals surface area contributed by atoms with Crippen LogP contribution >= 0.6 is 22.9 Å². The number of aromatic nitrogens is 3. The van der Waals surface area contributed by atoms with Crippen LogP contribution in [0.15, 0.2) is 36.4 Å². The van der Waals surface area contributed by atoms with Gasteiger partial charge in [-0.15, -0.1) is 11.3 Å². The summed E-state index contributed by atoms with van der Waals surface area (Å²) in [7, 11) is 4.11. The number of imidazole rings is 1. The summed E-state index contributed by atoms with van der Waals surface area (Å²) in [5, 5.41) is 1.49. The van der Waals surface area contributed by atoms with Crippen molar-refractivity contribution in [1.29, 1.82) is 0 Å². The Kier molecular flexibility index (Phi) is 7.09. The molecule has 0 amide bonds. The molecular weight excluding hydrogens is 535 g/mol. The fourth-order valence-corrected chi connectivity index (χ4v) is 6.62. The van der Waals surface area contributed by atoms with E-state index < -0.39 is 6.17 Å². The summed E-state index contributed by atoms with van der Waals surface area (Å²) in [6.07, 6.45) is 0.248. The van der Waals surface area contributed by atoms with Crippen molar-refractivity contribution in [2.24, 2.45) is 7.05 Å². The highest BCUT2D eigenvalue weighted by molar-refractivity contribution is 7.15. The SMILES string of the molecule is Cc1sc(-c2cccc(-c3cccc(ONc4nc5c(n4C)CCN(C)C5)c3Cl)c2C)nc1CN1CC(F)C1. The van der Waals surface area contributed by atoms with Gasteiger partial charge in [0.1, 0.15) is 11.2 Å². The van der Waals surface area contributed by atoms with E-state index in [9.17, 15) is 4.39 Å². The number of hydrogen-bond donors (Lipinski definition) is 1. The minimum absolute atomic E-state index is 0.492. The Morgan fingerprint density at radius 3 is 2.62 bits per heavy atom. The third kappa shape index (κ3) is 5.04. The Labute approximate surface area is 237 Å². The average molecular weight is 567 g/mol. The number of likely N-dealkylation sites (tertiary alicyclic amines) is 1. The second-order valence-electron chi connectivity index (χ2n) is 10.5. The lowest BCUT2D eigenvalue weighted by molar-refractivity contribution is 0.0581. The molecule has 2 aromatic carbocycles. The molecule has 204 valence electrons. The molecule has 6 rings (SSSR count). The predicted molar refractivity (Wildman–Crippen MR) is 155 cm³/mol. The van der Waals surface area contributed by atoms with Crippen LogP contribution in [-0.2, 0) is 26.6 Å². The summed E-state index contributed by atoms with van der Waals surface area (Å²) in [5.74, 6) is 1.19. The Morgan fingerprint density at radius 1 is 1.08 bits per heavy atom. The van der Waals surface area contributed by atoms with Gasteiger partial charge in [0.15, 0.2) is 5.75 Å². The molecule has 0 radical (unpaired) electrons.